The van der Waals surface area contributed by atoms with Gasteiger partial charge in [0.25, 0.3) is 0 Å². The second-order valence-corrected chi connectivity index (χ2v) is 11.4. The second-order valence-electron chi connectivity index (χ2n) is 10.4. The van der Waals surface area contributed by atoms with E-state index in [1.807, 2.05) is 43.3 Å². The Hall–Kier alpha value is -3.13. The fourth-order valence-corrected chi connectivity index (χ4v) is 6.61. The lowest BCUT2D eigenvalue weighted by Gasteiger charge is -2.37. The number of hydrogen-bond donors (Lipinski definition) is 0. The van der Waals surface area contributed by atoms with Crippen molar-refractivity contribution in [3.63, 3.8) is 0 Å². The molecule has 1 aliphatic heterocycles. The Kier molecular flexibility index (Phi) is 8.12. The van der Waals surface area contributed by atoms with Gasteiger partial charge in [0.05, 0.1) is 21.3 Å². The normalized spacial score (nSPS) is 23.3. The van der Waals surface area contributed by atoms with Crippen molar-refractivity contribution >= 4 is 33.4 Å². The van der Waals surface area contributed by atoms with Gasteiger partial charge in [0, 0.05) is 39.4 Å². The quantitative estimate of drug-likeness (QED) is 0.338. The first-order valence-electron chi connectivity index (χ1n) is 13.4. The molecule has 0 bridgehead atoms. The zero-order chi connectivity index (χ0) is 27.7. The van der Waals surface area contributed by atoms with E-state index in [0.717, 1.165) is 47.0 Å². The molecule has 0 aromatic heterocycles. The Labute approximate surface area is 237 Å². The SMILES string of the molecule is COc1ccc([C@@H]2CC(=O)C3=C(C2)N=C(C)C(C(=O)OC2CCCC2)[C@@H]3c2cc(Br)ccc2OC)cc1OC. The van der Waals surface area contributed by atoms with E-state index in [2.05, 4.69) is 15.9 Å². The summed E-state index contributed by atoms with van der Waals surface area (Å²) in [6, 6.07) is 11.5. The van der Waals surface area contributed by atoms with E-state index in [-0.39, 0.29) is 23.8 Å². The lowest BCUT2D eigenvalue weighted by Crippen LogP contribution is -2.39. The predicted octanol–water partition coefficient (Wildman–Crippen LogP) is 6.54. The number of Topliss-reactive ketones (excluding diaryl/α,β-unsaturated/α-hetero) is 1. The minimum atomic E-state index is -0.700. The first kappa shape index (κ1) is 27.4. The van der Waals surface area contributed by atoms with Gasteiger partial charge in [-0.2, -0.15) is 0 Å². The molecule has 1 saturated carbocycles. The summed E-state index contributed by atoms with van der Waals surface area (Å²) in [6.07, 6.45) is 4.67. The molecule has 1 fully saturated rings. The summed E-state index contributed by atoms with van der Waals surface area (Å²) in [5, 5.41) is 0. The smallest absolute Gasteiger partial charge is 0.315 e. The van der Waals surface area contributed by atoms with E-state index >= 15 is 0 Å². The van der Waals surface area contributed by atoms with Gasteiger partial charge in [-0.15, -0.1) is 0 Å². The lowest BCUT2D eigenvalue weighted by molar-refractivity contribution is -0.151. The Bertz CT molecular complexity index is 1340. The van der Waals surface area contributed by atoms with E-state index in [4.69, 9.17) is 23.9 Å². The Balaban J connectivity index is 1.57. The molecule has 5 rings (SSSR count). The lowest BCUT2D eigenvalue weighted by atomic mass is 9.69. The number of ketones is 1. The highest BCUT2D eigenvalue weighted by Gasteiger charge is 2.46. The van der Waals surface area contributed by atoms with Crippen LogP contribution in [0.2, 0.25) is 0 Å². The third-order valence-corrected chi connectivity index (χ3v) is 8.63. The standard InChI is InChI=1S/C31H34BrNO6/c1-17-28(31(35)39-21-7-5-6-8-21)29(22-16-20(32)10-12-25(22)36-2)30-23(33-17)13-19(14-24(30)34)18-9-11-26(37-3)27(15-18)38-4/h9-12,15-16,19,21,28-29H,5-8,13-14H2,1-4H3/t19-,28?,29-/m0/s1. The molecule has 0 saturated heterocycles. The molecule has 7 nitrogen and oxygen atoms in total. The molecule has 3 aliphatic rings. The molecular formula is C31H34BrNO6. The van der Waals surface area contributed by atoms with Crippen molar-refractivity contribution in [3.8, 4) is 17.2 Å². The van der Waals surface area contributed by atoms with Crippen LogP contribution in [-0.4, -0.2) is 44.9 Å². The van der Waals surface area contributed by atoms with Crippen LogP contribution in [0.4, 0.5) is 0 Å². The molecule has 3 atom stereocenters. The molecular weight excluding hydrogens is 562 g/mol. The monoisotopic (exact) mass is 595 g/mol. The Morgan fingerprint density at radius 2 is 1.62 bits per heavy atom. The minimum absolute atomic E-state index is 0.0158. The van der Waals surface area contributed by atoms with Gasteiger partial charge in [-0.05, 0) is 80.8 Å². The number of allylic oxidation sites excluding steroid dienone is 2. The van der Waals surface area contributed by atoms with Crippen molar-refractivity contribution in [1.82, 2.24) is 0 Å². The van der Waals surface area contributed by atoms with Crippen LogP contribution < -0.4 is 14.2 Å². The highest BCUT2D eigenvalue weighted by atomic mass is 79.9. The molecule has 0 N–H and O–H groups in total. The molecule has 0 radical (unpaired) electrons. The van der Waals surface area contributed by atoms with Gasteiger partial charge in [-0.1, -0.05) is 22.0 Å². The summed E-state index contributed by atoms with van der Waals surface area (Å²) >= 11 is 3.58. The second kappa shape index (κ2) is 11.5. The fourth-order valence-electron chi connectivity index (χ4n) is 6.24. The average molecular weight is 597 g/mol. The van der Waals surface area contributed by atoms with Gasteiger partial charge in [-0.3, -0.25) is 14.6 Å². The van der Waals surface area contributed by atoms with Crippen LogP contribution in [0.25, 0.3) is 0 Å². The van der Waals surface area contributed by atoms with Gasteiger partial charge in [0.1, 0.15) is 17.8 Å². The van der Waals surface area contributed by atoms with Gasteiger partial charge in [0.2, 0.25) is 0 Å². The summed E-state index contributed by atoms with van der Waals surface area (Å²) in [5.41, 5.74) is 3.73. The van der Waals surface area contributed by atoms with Crippen LogP contribution in [0.15, 0.2) is 57.1 Å². The van der Waals surface area contributed by atoms with Crippen molar-refractivity contribution < 1.29 is 28.5 Å². The predicted molar refractivity (Wildman–Crippen MR) is 152 cm³/mol. The molecule has 1 heterocycles. The molecule has 39 heavy (non-hydrogen) atoms. The van der Waals surface area contributed by atoms with Crippen LogP contribution in [0, 0.1) is 5.92 Å². The number of methoxy groups -OCH3 is 3. The Morgan fingerprint density at radius 1 is 0.923 bits per heavy atom. The van der Waals surface area contributed by atoms with E-state index in [0.29, 0.717) is 41.4 Å². The minimum Gasteiger partial charge on any atom is -0.496 e. The molecule has 2 aromatic rings. The third kappa shape index (κ3) is 5.36. The first-order chi connectivity index (χ1) is 18.8. The van der Waals surface area contributed by atoms with Crippen molar-refractivity contribution in [2.45, 2.75) is 63.4 Å². The number of aliphatic imine (C=N–C) groups is 1. The Morgan fingerprint density at radius 3 is 2.31 bits per heavy atom. The number of nitrogens with zero attached hydrogens (tertiary/aromatic N) is 1. The van der Waals surface area contributed by atoms with Crippen molar-refractivity contribution in [1.29, 1.82) is 0 Å². The number of esters is 1. The summed E-state index contributed by atoms with van der Waals surface area (Å²) in [6.45, 7) is 1.87. The highest BCUT2D eigenvalue weighted by Crippen LogP contribution is 2.49. The zero-order valence-corrected chi connectivity index (χ0v) is 24.4. The zero-order valence-electron chi connectivity index (χ0n) is 22.8. The number of carbonyl (C=O) groups excluding carboxylic acids is 2. The summed E-state index contributed by atoms with van der Waals surface area (Å²) in [4.78, 5) is 32.6. The molecule has 8 heteroatoms. The van der Waals surface area contributed by atoms with E-state index in [1.165, 1.54) is 0 Å². The van der Waals surface area contributed by atoms with Crippen LogP contribution in [-0.2, 0) is 14.3 Å². The van der Waals surface area contributed by atoms with Crippen molar-refractivity contribution in [3.05, 3.63) is 63.3 Å². The fraction of sp³-hybridized carbons (Fsp3) is 0.452. The summed E-state index contributed by atoms with van der Waals surface area (Å²) in [5.74, 6) is 0.233. The van der Waals surface area contributed by atoms with E-state index in [1.54, 1.807) is 21.3 Å². The number of rotatable bonds is 7. The number of ether oxygens (including phenoxy) is 4. The van der Waals surface area contributed by atoms with Gasteiger partial charge in [0.15, 0.2) is 17.3 Å². The maximum Gasteiger partial charge on any atom is 0.315 e. The summed E-state index contributed by atoms with van der Waals surface area (Å²) in [7, 11) is 4.81. The maximum atomic E-state index is 14.0. The van der Waals surface area contributed by atoms with Gasteiger partial charge < -0.3 is 18.9 Å². The number of halogens is 1. The molecule has 206 valence electrons. The van der Waals surface area contributed by atoms with Crippen LogP contribution in [0.1, 0.15) is 68.4 Å². The van der Waals surface area contributed by atoms with Crippen LogP contribution in [0.3, 0.4) is 0 Å². The number of carbonyl (C=O) groups is 2. The third-order valence-electron chi connectivity index (χ3n) is 8.13. The van der Waals surface area contributed by atoms with E-state index in [9.17, 15) is 9.59 Å². The van der Waals surface area contributed by atoms with Crippen LogP contribution >= 0.6 is 15.9 Å². The number of hydrogen-bond acceptors (Lipinski definition) is 7. The van der Waals surface area contributed by atoms with Crippen molar-refractivity contribution in [2.24, 2.45) is 10.9 Å². The van der Waals surface area contributed by atoms with Crippen LogP contribution in [0.5, 0.6) is 17.2 Å². The summed E-state index contributed by atoms with van der Waals surface area (Å²) < 4.78 is 23.5. The maximum absolute atomic E-state index is 14.0. The molecule has 2 aliphatic carbocycles. The van der Waals surface area contributed by atoms with Gasteiger partial charge in [-0.25, -0.2) is 0 Å². The van der Waals surface area contributed by atoms with Gasteiger partial charge >= 0.3 is 5.97 Å². The molecule has 0 amide bonds. The van der Waals surface area contributed by atoms with E-state index < -0.39 is 11.8 Å². The molecule has 2 aromatic carbocycles. The topological polar surface area (TPSA) is 83.4 Å². The average Bonchev–Trinajstić information content (AvgIpc) is 3.44. The molecule has 1 unspecified atom stereocenters. The highest BCUT2D eigenvalue weighted by molar-refractivity contribution is 9.10. The van der Waals surface area contributed by atoms with Crippen molar-refractivity contribution in [2.75, 3.05) is 21.3 Å². The largest absolute Gasteiger partial charge is 0.496 e. The first-order valence-corrected chi connectivity index (χ1v) is 14.2. The number of benzene rings is 2. The molecule has 0 spiro atoms.